The lowest BCUT2D eigenvalue weighted by atomic mass is 9.89. The summed E-state index contributed by atoms with van der Waals surface area (Å²) in [4.78, 5) is 19.9. The fourth-order valence-corrected chi connectivity index (χ4v) is 1.25. The number of esters is 1. The van der Waals surface area contributed by atoms with Crippen molar-refractivity contribution in [3.63, 3.8) is 0 Å². The molecule has 0 saturated heterocycles. The molecule has 5 nitrogen and oxygen atoms in total. The van der Waals surface area contributed by atoms with E-state index in [1.54, 1.807) is 33.9 Å². The van der Waals surface area contributed by atoms with E-state index in [-0.39, 0.29) is 5.97 Å². The Kier molecular flexibility index (Phi) is 3.82. The quantitative estimate of drug-likeness (QED) is 0.781. The summed E-state index contributed by atoms with van der Waals surface area (Å²) in [5.41, 5.74) is -0.116. The number of aromatic nitrogens is 2. The topological polar surface area (TPSA) is 64.1 Å². The second kappa shape index (κ2) is 4.92. The lowest BCUT2D eigenvalue weighted by molar-refractivity contribution is -0.148. The van der Waals surface area contributed by atoms with E-state index in [0.717, 1.165) is 0 Å². The van der Waals surface area contributed by atoms with Gasteiger partial charge in [0, 0.05) is 13.1 Å². The van der Waals surface area contributed by atoms with Gasteiger partial charge in [0.05, 0.1) is 12.3 Å². The van der Waals surface area contributed by atoms with Crippen LogP contribution in [0.15, 0.2) is 12.4 Å². The standard InChI is InChI=1S/C11H17N3O2/c1-5-16-10(15)11(2,3)8-6-9(12-4)14-7-13-8/h6-7H,5H2,1-4H3,(H,12,13,14). The molecule has 0 aliphatic rings. The van der Waals surface area contributed by atoms with Gasteiger partial charge >= 0.3 is 5.97 Å². The van der Waals surface area contributed by atoms with E-state index in [4.69, 9.17) is 4.74 Å². The largest absolute Gasteiger partial charge is 0.465 e. The van der Waals surface area contributed by atoms with Crippen LogP contribution in [-0.2, 0) is 14.9 Å². The number of hydrogen-bond acceptors (Lipinski definition) is 5. The summed E-state index contributed by atoms with van der Waals surface area (Å²) < 4.78 is 5.01. The van der Waals surface area contributed by atoms with Crippen molar-refractivity contribution in [2.24, 2.45) is 0 Å². The molecule has 0 aliphatic heterocycles. The highest BCUT2D eigenvalue weighted by atomic mass is 16.5. The molecule has 0 atom stereocenters. The molecule has 0 radical (unpaired) electrons. The number of nitrogens with zero attached hydrogens (tertiary/aromatic N) is 2. The van der Waals surface area contributed by atoms with Crippen molar-refractivity contribution in [1.29, 1.82) is 0 Å². The Balaban J connectivity index is 3.01. The SMILES string of the molecule is CCOC(=O)C(C)(C)c1cc(NC)ncn1. The molecule has 5 heteroatoms. The van der Waals surface area contributed by atoms with Crippen molar-refractivity contribution in [1.82, 2.24) is 9.97 Å². The van der Waals surface area contributed by atoms with Gasteiger partial charge in [0.2, 0.25) is 0 Å². The van der Waals surface area contributed by atoms with Crippen molar-refractivity contribution in [2.45, 2.75) is 26.2 Å². The smallest absolute Gasteiger partial charge is 0.317 e. The minimum absolute atomic E-state index is 0.282. The van der Waals surface area contributed by atoms with E-state index in [1.165, 1.54) is 6.33 Å². The van der Waals surface area contributed by atoms with Crippen LogP contribution in [0.25, 0.3) is 0 Å². The molecule has 1 aromatic heterocycles. The molecule has 1 heterocycles. The summed E-state index contributed by atoms with van der Waals surface area (Å²) in [6.07, 6.45) is 1.43. The first kappa shape index (κ1) is 12.4. The number of anilines is 1. The summed E-state index contributed by atoms with van der Waals surface area (Å²) in [6, 6.07) is 1.75. The number of hydrogen-bond donors (Lipinski definition) is 1. The van der Waals surface area contributed by atoms with E-state index in [9.17, 15) is 4.79 Å². The molecule has 0 aromatic carbocycles. The van der Waals surface area contributed by atoms with Gasteiger partial charge in [-0.25, -0.2) is 9.97 Å². The maximum Gasteiger partial charge on any atom is 0.317 e. The van der Waals surface area contributed by atoms with Gasteiger partial charge in [-0.2, -0.15) is 0 Å². The molecule has 16 heavy (non-hydrogen) atoms. The van der Waals surface area contributed by atoms with Crippen molar-refractivity contribution in [3.05, 3.63) is 18.1 Å². The predicted molar refractivity (Wildman–Crippen MR) is 61.2 cm³/mol. The molecule has 88 valence electrons. The Morgan fingerprint density at radius 2 is 2.19 bits per heavy atom. The molecule has 0 bridgehead atoms. The second-order valence-electron chi connectivity index (χ2n) is 3.88. The lowest BCUT2D eigenvalue weighted by Crippen LogP contribution is -2.32. The Morgan fingerprint density at radius 1 is 1.50 bits per heavy atom. The number of carbonyl (C=O) groups excluding carboxylic acids is 1. The fourth-order valence-electron chi connectivity index (χ4n) is 1.25. The zero-order valence-corrected chi connectivity index (χ0v) is 10.1. The fraction of sp³-hybridized carbons (Fsp3) is 0.545. The molecule has 1 rings (SSSR count). The maximum absolute atomic E-state index is 11.8. The van der Waals surface area contributed by atoms with E-state index in [2.05, 4.69) is 15.3 Å². The second-order valence-corrected chi connectivity index (χ2v) is 3.88. The van der Waals surface area contributed by atoms with Crippen LogP contribution in [0.2, 0.25) is 0 Å². The van der Waals surface area contributed by atoms with E-state index in [1.807, 2.05) is 0 Å². The zero-order chi connectivity index (χ0) is 12.2. The highest BCUT2D eigenvalue weighted by Gasteiger charge is 2.33. The van der Waals surface area contributed by atoms with Gasteiger partial charge in [-0.1, -0.05) is 0 Å². The summed E-state index contributed by atoms with van der Waals surface area (Å²) in [5, 5.41) is 2.91. The first-order chi connectivity index (χ1) is 7.52. The van der Waals surface area contributed by atoms with Crippen LogP contribution in [0.3, 0.4) is 0 Å². The van der Waals surface area contributed by atoms with Crippen molar-refractivity contribution in [3.8, 4) is 0 Å². The van der Waals surface area contributed by atoms with Gasteiger partial charge in [0.1, 0.15) is 17.6 Å². The number of rotatable bonds is 4. The van der Waals surface area contributed by atoms with Gasteiger partial charge in [0.25, 0.3) is 0 Å². The molecule has 0 saturated carbocycles. The van der Waals surface area contributed by atoms with E-state index >= 15 is 0 Å². The minimum Gasteiger partial charge on any atom is -0.465 e. The van der Waals surface area contributed by atoms with Gasteiger partial charge in [0.15, 0.2) is 0 Å². The van der Waals surface area contributed by atoms with Gasteiger partial charge in [-0.3, -0.25) is 4.79 Å². The van der Waals surface area contributed by atoms with Crippen LogP contribution in [0, 0.1) is 0 Å². The van der Waals surface area contributed by atoms with Crippen LogP contribution < -0.4 is 5.32 Å². The third kappa shape index (κ3) is 2.48. The van der Waals surface area contributed by atoms with E-state index in [0.29, 0.717) is 18.1 Å². The summed E-state index contributed by atoms with van der Waals surface area (Å²) >= 11 is 0. The molecule has 0 unspecified atom stereocenters. The Morgan fingerprint density at radius 3 is 2.75 bits per heavy atom. The normalized spacial score (nSPS) is 11.0. The summed E-state index contributed by atoms with van der Waals surface area (Å²) in [5.74, 6) is 0.401. The van der Waals surface area contributed by atoms with Crippen LogP contribution in [0.5, 0.6) is 0 Å². The number of carbonyl (C=O) groups is 1. The third-order valence-electron chi connectivity index (χ3n) is 2.35. The first-order valence-corrected chi connectivity index (χ1v) is 5.19. The zero-order valence-electron chi connectivity index (χ0n) is 10.1. The lowest BCUT2D eigenvalue weighted by Gasteiger charge is -2.21. The molecule has 0 fully saturated rings. The molecular formula is C11H17N3O2. The molecule has 0 spiro atoms. The van der Waals surface area contributed by atoms with E-state index < -0.39 is 5.41 Å². The van der Waals surface area contributed by atoms with Crippen molar-refractivity contribution >= 4 is 11.8 Å². The molecule has 1 aromatic rings. The minimum atomic E-state index is -0.759. The van der Waals surface area contributed by atoms with Crippen molar-refractivity contribution < 1.29 is 9.53 Å². The van der Waals surface area contributed by atoms with Crippen molar-refractivity contribution in [2.75, 3.05) is 19.0 Å². The maximum atomic E-state index is 11.8. The predicted octanol–water partition coefficient (Wildman–Crippen LogP) is 1.36. The highest BCUT2D eigenvalue weighted by molar-refractivity contribution is 5.81. The summed E-state index contributed by atoms with van der Waals surface area (Å²) in [6.45, 7) is 5.72. The number of ether oxygens (including phenoxy) is 1. The first-order valence-electron chi connectivity index (χ1n) is 5.19. The molecule has 0 amide bonds. The summed E-state index contributed by atoms with van der Waals surface area (Å²) in [7, 11) is 1.77. The average molecular weight is 223 g/mol. The van der Waals surface area contributed by atoms with Gasteiger partial charge in [-0.05, 0) is 20.8 Å². The Labute approximate surface area is 95.3 Å². The van der Waals surface area contributed by atoms with Gasteiger partial charge < -0.3 is 10.1 Å². The molecular weight excluding hydrogens is 206 g/mol. The van der Waals surface area contributed by atoms with Crippen LogP contribution >= 0.6 is 0 Å². The number of nitrogens with one attached hydrogen (secondary N) is 1. The molecule has 1 N–H and O–H groups in total. The third-order valence-corrected chi connectivity index (χ3v) is 2.35. The van der Waals surface area contributed by atoms with Crippen LogP contribution in [-0.4, -0.2) is 29.6 Å². The van der Waals surface area contributed by atoms with Crippen LogP contribution in [0.4, 0.5) is 5.82 Å². The van der Waals surface area contributed by atoms with Gasteiger partial charge in [-0.15, -0.1) is 0 Å². The highest BCUT2D eigenvalue weighted by Crippen LogP contribution is 2.23. The average Bonchev–Trinajstić information content (AvgIpc) is 2.29. The monoisotopic (exact) mass is 223 g/mol. The molecule has 0 aliphatic carbocycles. The Bertz CT molecular complexity index is 377. The van der Waals surface area contributed by atoms with Crippen LogP contribution in [0.1, 0.15) is 26.5 Å². The Hall–Kier alpha value is -1.65.